The molecule has 0 saturated heterocycles. The quantitative estimate of drug-likeness (QED) is 0.622. The van der Waals surface area contributed by atoms with Crippen LogP contribution in [0, 0.1) is 6.92 Å². The lowest BCUT2D eigenvalue weighted by atomic mass is 10.0. The van der Waals surface area contributed by atoms with E-state index in [9.17, 15) is 8.78 Å². The van der Waals surface area contributed by atoms with Crippen molar-refractivity contribution >= 4 is 5.96 Å². The second kappa shape index (κ2) is 8.51. The zero-order valence-corrected chi connectivity index (χ0v) is 12.3. The first-order valence-electron chi connectivity index (χ1n) is 6.89. The molecule has 1 aromatic rings. The summed E-state index contributed by atoms with van der Waals surface area (Å²) in [6.45, 7) is 6.87. The molecule has 5 heteroatoms. The molecule has 1 atom stereocenters. The number of halogens is 2. The molecule has 0 aliphatic heterocycles. The van der Waals surface area contributed by atoms with E-state index in [-0.39, 0.29) is 5.92 Å². The molecule has 112 valence electrons. The normalized spacial score (nSPS) is 13.4. The van der Waals surface area contributed by atoms with Crippen molar-refractivity contribution in [1.29, 1.82) is 0 Å². The molecule has 0 aliphatic carbocycles. The summed E-state index contributed by atoms with van der Waals surface area (Å²) in [5.74, 6) is 0.720. The fraction of sp³-hybridized carbons (Fsp3) is 0.533. The fourth-order valence-electron chi connectivity index (χ4n) is 1.76. The van der Waals surface area contributed by atoms with E-state index in [1.807, 2.05) is 13.8 Å². The maximum Gasteiger partial charge on any atom is 0.257 e. The van der Waals surface area contributed by atoms with Gasteiger partial charge < -0.3 is 10.6 Å². The molecule has 0 fully saturated rings. The zero-order chi connectivity index (χ0) is 15.0. The minimum atomic E-state index is -2.42. The van der Waals surface area contributed by atoms with E-state index < -0.39 is 13.0 Å². The Hall–Kier alpha value is -1.65. The number of alkyl halides is 2. The standard InChI is InChI=1S/C15H23F2N3/c1-4-18-15(20-10-14(16)17)19-9-12(3)13-7-5-11(2)6-8-13/h5-8,12,14H,4,9-10H2,1-3H3,(H2,18,19,20). The van der Waals surface area contributed by atoms with E-state index in [0.717, 1.165) is 0 Å². The van der Waals surface area contributed by atoms with Crippen LogP contribution < -0.4 is 10.6 Å². The summed E-state index contributed by atoms with van der Waals surface area (Å²) in [5.41, 5.74) is 2.44. The Morgan fingerprint density at radius 3 is 2.40 bits per heavy atom. The average molecular weight is 283 g/mol. The van der Waals surface area contributed by atoms with Crippen molar-refractivity contribution in [2.24, 2.45) is 4.99 Å². The highest BCUT2D eigenvalue weighted by molar-refractivity contribution is 5.79. The number of benzene rings is 1. The van der Waals surface area contributed by atoms with Gasteiger partial charge in [0.1, 0.15) is 6.54 Å². The summed E-state index contributed by atoms with van der Waals surface area (Å²) in [4.78, 5) is 3.84. The van der Waals surface area contributed by atoms with Crippen LogP contribution in [0.15, 0.2) is 29.3 Å². The van der Waals surface area contributed by atoms with E-state index in [0.29, 0.717) is 19.0 Å². The molecule has 3 nitrogen and oxygen atoms in total. The highest BCUT2D eigenvalue weighted by Gasteiger charge is 2.07. The maximum absolute atomic E-state index is 12.2. The van der Waals surface area contributed by atoms with Crippen LogP contribution >= 0.6 is 0 Å². The number of guanidine groups is 1. The monoisotopic (exact) mass is 283 g/mol. The third-order valence-electron chi connectivity index (χ3n) is 2.95. The van der Waals surface area contributed by atoms with Crippen LogP contribution in [0.1, 0.15) is 30.9 Å². The molecule has 0 amide bonds. The fourth-order valence-corrected chi connectivity index (χ4v) is 1.76. The van der Waals surface area contributed by atoms with Crippen molar-refractivity contribution in [2.75, 3.05) is 19.6 Å². The molecule has 0 aromatic heterocycles. The maximum atomic E-state index is 12.2. The predicted molar refractivity (Wildman–Crippen MR) is 79.6 cm³/mol. The first kappa shape index (κ1) is 16.4. The van der Waals surface area contributed by atoms with Gasteiger partial charge in [0.15, 0.2) is 5.96 Å². The molecule has 20 heavy (non-hydrogen) atoms. The Morgan fingerprint density at radius 1 is 1.20 bits per heavy atom. The second-order valence-electron chi connectivity index (χ2n) is 4.80. The highest BCUT2D eigenvalue weighted by Crippen LogP contribution is 2.14. The van der Waals surface area contributed by atoms with E-state index in [4.69, 9.17) is 0 Å². The Balaban J connectivity index is 2.53. The zero-order valence-electron chi connectivity index (χ0n) is 12.3. The topological polar surface area (TPSA) is 36.4 Å². The van der Waals surface area contributed by atoms with Gasteiger partial charge >= 0.3 is 0 Å². The van der Waals surface area contributed by atoms with Crippen LogP contribution in [0.2, 0.25) is 0 Å². The van der Waals surface area contributed by atoms with Gasteiger partial charge in [-0.3, -0.25) is 0 Å². The first-order chi connectivity index (χ1) is 9.52. The van der Waals surface area contributed by atoms with Gasteiger partial charge in [0.05, 0.1) is 0 Å². The summed E-state index contributed by atoms with van der Waals surface area (Å²) in [6.07, 6.45) is -2.42. The number of nitrogens with one attached hydrogen (secondary N) is 2. The molecule has 2 N–H and O–H groups in total. The largest absolute Gasteiger partial charge is 0.357 e. The average Bonchev–Trinajstić information content (AvgIpc) is 2.42. The third-order valence-corrected chi connectivity index (χ3v) is 2.95. The van der Waals surface area contributed by atoms with Crippen LogP contribution in [0.25, 0.3) is 0 Å². The van der Waals surface area contributed by atoms with Gasteiger partial charge in [0.25, 0.3) is 6.43 Å². The van der Waals surface area contributed by atoms with Crippen molar-refractivity contribution < 1.29 is 8.78 Å². The summed E-state index contributed by atoms with van der Waals surface area (Å²) >= 11 is 0. The molecule has 0 radical (unpaired) electrons. The van der Waals surface area contributed by atoms with Crippen molar-refractivity contribution in [3.8, 4) is 0 Å². The Bertz CT molecular complexity index is 416. The van der Waals surface area contributed by atoms with Gasteiger partial charge in [-0.1, -0.05) is 36.8 Å². The molecule has 0 heterocycles. The van der Waals surface area contributed by atoms with Crippen molar-refractivity contribution in [3.63, 3.8) is 0 Å². The minimum Gasteiger partial charge on any atom is -0.357 e. The van der Waals surface area contributed by atoms with Gasteiger partial charge in [0.2, 0.25) is 0 Å². The van der Waals surface area contributed by atoms with Crippen LogP contribution in [0.3, 0.4) is 0 Å². The molecular weight excluding hydrogens is 260 g/mol. The number of hydrogen-bond acceptors (Lipinski definition) is 1. The van der Waals surface area contributed by atoms with E-state index in [1.165, 1.54) is 11.1 Å². The molecule has 0 bridgehead atoms. The van der Waals surface area contributed by atoms with Gasteiger partial charge in [-0.15, -0.1) is 0 Å². The van der Waals surface area contributed by atoms with E-state index >= 15 is 0 Å². The highest BCUT2D eigenvalue weighted by atomic mass is 19.3. The summed E-state index contributed by atoms with van der Waals surface area (Å²) < 4.78 is 24.3. The van der Waals surface area contributed by atoms with E-state index in [2.05, 4.69) is 46.8 Å². The number of nitrogens with zero attached hydrogens (tertiary/aromatic N) is 1. The molecule has 1 rings (SSSR count). The van der Waals surface area contributed by atoms with Gasteiger partial charge in [-0.25, -0.2) is 13.8 Å². The molecule has 1 aromatic carbocycles. The first-order valence-corrected chi connectivity index (χ1v) is 6.89. The summed E-state index contributed by atoms with van der Waals surface area (Å²) in [6, 6.07) is 8.32. The van der Waals surface area contributed by atoms with Crippen LogP contribution in [0.4, 0.5) is 8.78 Å². The van der Waals surface area contributed by atoms with Gasteiger partial charge in [0, 0.05) is 13.1 Å². The molecular formula is C15H23F2N3. The summed E-state index contributed by atoms with van der Waals surface area (Å²) in [5, 5.41) is 6.05. The second-order valence-corrected chi connectivity index (χ2v) is 4.80. The van der Waals surface area contributed by atoms with Crippen molar-refractivity contribution in [1.82, 2.24) is 10.6 Å². The Kier molecular flexibility index (Phi) is 6.98. The Labute approximate surface area is 119 Å². The lowest BCUT2D eigenvalue weighted by Crippen LogP contribution is -2.39. The van der Waals surface area contributed by atoms with Gasteiger partial charge in [-0.2, -0.15) is 0 Å². The van der Waals surface area contributed by atoms with E-state index in [1.54, 1.807) is 0 Å². The van der Waals surface area contributed by atoms with Crippen LogP contribution in [0.5, 0.6) is 0 Å². The Morgan fingerprint density at radius 2 is 1.85 bits per heavy atom. The van der Waals surface area contributed by atoms with Crippen molar-refractivity contribution in [2.45, 2.75) is 33.1 Å². The van der Waals surface area contributed by atoms with Crippen LogP contribution in [-0.2, 0) is 0 Å². The molecule has 0 aliphatic rings. The minimum absolute atomic E-state index is 0.283. The molecule has 0 saturated carbocycles. The van der Waals surface area contributed by atoms with Gasteiger partial charge in [-0.05, 0) is 25.3 Å². The molecule has 1 unspecified atom stereocenters. The lowest BCUT2D eigenvalue weighted by Gasteiger charge is -2.16. The SMILES string of the molecule is CCNC(=NCC(F)F)NCC(C)c1ccc(C)cc1. The van der Waals surface area contributed by atoms with Crippen molar-refractivity contribution in [3.05, 3.63) is 35.4 Å². The van der Waals surface area contributed by atoms with Crippen LogP contribution in [-0.4, -0.2) is 32.0 Å². The lowest BCUT2D eigenvalue weighted by molar-refractivity contribution is 0.158. The number of aliphatic imine (C=N–C) groups is 1. The number of aryl methyl sites for hydroxylation is 1. The smallest absolute Gasteiger partial charge is 0.257 e. The third kappa shape index (κ3) is 5.99. The number of hydrogen-bond donors (Lipinski definition) is 2. The number of rotatable bonds is 6. The molecule has 0 spiro atoms. The summed E-state index contributed by atoms with van der Waals surface area (Å²) in [7, 11) is 0. The predicted octanol–water partition coefficient (Wildman–Crippen LogP) is 2.92.